The zero-order valence-electron chi connectivity index (χ0n) is 12.8. The summed E-state index contributed by atoms with van der Waals surface area (Å²) >= 11 is 1.44. The van der Waals surface area contributed by atoms with Gasteiger partial charge in [0.15, 0.2) is 6.29 Å². The third-order valence-electron chi connectivity index (χ3n) is 3.33. The summed E-state index contributed by atoms with van der Waals surface area (Å²) in [5.41, 5.74) is 0.741. The van der Waals surface area contributed by atoms with Gasteiger partial charge in [-0.15, -0.1) is 11.3 Å². The van der Waals surface area contributed by atoms with E-state index >= 15 is 0 Å². The van der Waals surface area contributed by atoms with Gasteiger partial charge in [0, 0.05) is 18.5 Å². The van der Waals surface area contributed by atoms with E-state index in [2.05, 4.69) is 26.4 Å². The molecule has 2 atom stereocenters. The molecule has 1 aliphatic heterocycles. The first-order chi connectivity index (χ1) is 11.0. The lowest BCUT2D eigenvalue weighted by Crippen LogP contribution is -2.52. The second kappa shape index (κ2) is 6.39. The number of urea groups is 1. The Bertz CT molecular complexity index is 711. The van der Waals surface area contributed by atoms with E-state index in [1.807, 2.05) is 31.4 Å². The molecule has 23 heavy (non-hydrogen) atoms. The molecule has 122 valence electrons. The predicted octanol–water partition coefficient (Wildman–Crippen LogP) is 1.85. The average molecular weight is 334 g/mol. The lowest BCUT2D eigenvalue weighted by Gasteiger charge is -2.30. The van der Waals surface area contributed by atoms with E-state index in [1.165, 1.54) is 11.3 Å². The number of hydrogen-bond acceptors (Lipinski definition) is 5. The minimum Gasteiger partial charge on any atom is -0.322 e. The zero-order valence-corrected chi connectivity index (χ0v) is 13.6. The number of amides is 3. The van der Waals surface area contributed by atoms with Crippen LogP contribution in [0.5, 0.6) is 0 Å². The Kier molecular flexibility index (Phi) is 4.30. The smallest absolute Gasteiger partial charge is 0.322 e. The second-order valence-corrected chi connectivity index (χ2v) is 6.36. The molecule has 0 saturated carbocycles. The average Bonchev–Trinajstić information content (AvgIpc) is 3.07. The molecular formula is C14H18N6O2S. The summed E-state index contributed by atoms with van der Waals surface area (Å²) in [6.45, 7) is 3.76. The van der Waals surface area contributed by atoms with Gasteiger partial charge >= 0.3 is 6.03 Å². The summed E-state index contributed by atoms with van der Waals surface area (Å²) in [7, 11) is 0. The SMILES string of the molecule is Cc1cc(NC(=O)Nc2cccs2)n(C2NC(=O)CC(C)N2)n1. The van der Waals surface area contributed by atoms with Crippen LogP contribution in [0.2, 0.25) is 0 Å². The molecule has 0 aromatic carbocycles. The molecule has 3 heterocycles. The summed E-state index contributed by atoms with van der Waals surface area (Å²) in [6.07, 6.45) is -0.0738. The summed E-state index contributed by atoms with van der Waals surface area (Å²) in [5.74, 6) is 0.451. The van der Waals surface area contributed by atoms with Gasteiger partial charge in [0.25, 0.3) is 0 Å². The van der Waals surface area contributed by atoms with Crippen LogP contribution in [0, 0.1) is 6.92 Å². The van der Waals surface area contributed by atoms with Crippen LogP contribution in [0.4, 0.5) is 15.6 Å². The third-order valence-corrected chi connectivity index (χ3v) is 4.12. The minimum absolute atomic E-state index is 0.0334. The van der Waals surface area contributed by atoms with Gasteiger partial charge < -0.3 is 5.32 Å². The number of anilines is 2. The van der Waals surface area contributed by atoms with Crippen molar-refractivity contribution in [3.8, 4) is 0 Å². The number of hydrogen-bond donors (Lipinski definition) is 4. The van der Waals surface area contributed by atoms with Crippen LogP contribution in [0.1, 0.15) is 25.3 Å². The molecule has 2 aromatic heterocycles. The topological polar surface area (TPSA) is 100 Å². The fourth-order valence-corrected chi connectivity index (χ4v) is 3.02. The monoisotopic (exact) mass is 334 g/mol. The molecule has 0 bridgehead atoms. The number of rotatable bonds is 3. The van der Waals surface area contributed by atoms with Crippen LogP contribution >= 0.6 is 11.3 Å². The Morgan fingerprint density at radius 1 is 1.48 bits per heavy atom. The molecule has 2 aromatic rings. The highest BCUT2D eigenvalue weighted by Crippen LogP contribution is 2.19. The Balaban J connectivity index is 1.75. The van der Waals surface area contributed by atoms with E-state index in [0.717, 1.165) is 10.7 Å². The highest BCUT2D eigenvalue weighted by atomic mass is 32.1. The summed E-state index contributed by atoms with van der Waals surface area (Å²) in [4.78, 5) is 23.8. The molecule has 8 nitrogen and oxygen atoms in total. The predicted molar refractivity (Wildman–Crippen MR) is 88.3 cm³/mol. The van der Waals surface area contributed by atoms with Gasteiger partial charge in [-0.1, -0.05) is 0 Å². The van der Waals surface area contributed by atoms with Gasteiger partial charge in [-0.3, -0.25) is 20.7 Å². The Morgan fingerprint density at radius 2 is 2.30 bits per heavy atom. The molecule has 3 amide bonds. The van der Waals surface area contributed by atoms with Crippen LogP contribution in [-0.2, 0) is 4.79 Å². The van der Waals surface area contributed by atoms with E-state index in [-0.39, 0.29) is 18.0 Å². The van der Waals surface area contributed by atoms with E-state index in [4.69, 9.17) is 0 Å². The molecule has 4 N–H and O–H groups in total. The lowest BCUT2D eigenvalue weighted by atomic mass is 10.2. The number of carbonyl (C=O) groups is 2. The maximum Gasteiger partial charge on any atom is 0.325 e. The molecule has 1 saturated heterocycles. The first-order valence-corrected chi connectivity index (χ1v) is 8.12. The summed E-state index contributed by atoms with van der Waals surface area (Å²) in [6, 6.07) is 5.10. The van der Waals surface area contributed by atoms with Crippen molar-refractivity contribution < 1.29 is 9.59 Å². The van der Waals surface area contributed by atoms with Crippen molar-refractivity contribution in [2.45, 2.75) is 32.6 Å². The number of nitrogens with zero attached hydrogens (tertiary/aromatic N) is 2. The van der Waals surface area contributed by atoms with E-state index < -0.39 is 6.29 Å². The van der Waals surface area contributed by atoms with Crippen molar-refractivity contribution in [3.63, 3.8) is 0 Å². The standard InChI is InChI=1S/C14H18N6O2S/c1-8-7-11(21)17-13(15-8)20-10(6-9(2)19-20)16-14(22)18-12-4-3-5-23-12/h3-6,8,13,15H,7H2,1-2H3,(H,17,21)(H2,16,18,22). The Labute approximate surface area is 137 Å². The molecule has 0 aliphatic carbocycles. The van der Waals surface area contributed by atoms with Crippen LogP contribution in [0.3, 0.4) is 0 Å². The van der Waals surface area contributed by atoms with Gasteiger partial charge in [0.1, 0.15) is 5.82 Å². The van der Waals surface area contributed by atoms with Crippen LogP contribution in [0.25, 0.3) is 0 Å². The Hall–Kier alpha value is -2.39. The number of carbonyl (C=O) groups excluding carboxylic acids is 2. The van der Waals surface area contributed by atoms with Gasteiger partial charge in [-0.05, 0) is 31.4 Å². The molecule has 0 radical (unpaired) electrons. The van der Waals surface area contributed by atoms with Crippen molar-refractivity contribution in [1.29, 1.82) is 0 Å². The number of nitrogens with one attached hydrogen (secondary N) is 4. The molecule has 2 unspecified atom stereocenters. The molecule has 1 fully saturated rings. The quantitative estimate of drug-likeness (QED) is 0.688. The van der Waals surface area contributed by atoms with Crippen molar-refractivity contribution in [1.82, 2.24) is 20.4 Å². The van der Waals surface area contributed by atoms with Crippen molar-refractivity contribution in [2.24, 2.45) is 0 Å². The third kappa shape index (κ3) is 3.69. The number of thiophene rings is 1. The first-order valence-electron chi connectivity index (χ1n) is 7.24. The molecule has 3 rings (SSSR count). The highest BCUT2D eigenvalue weighted by Gasteiger charge is 2.26. The maximum atomic E-state index is 12.1. The van der Waals surface area contributed by atoms with E-state index in [1.54, 1.807) is 10.7 Å². The number of aromatic nitrogens is 2. The largest absolute Gasteiger partial charge is 0.325 e. The fraction of sp³-hybridized carbons (Fsp3) is 0.357. The lowest BCUT2D eigenvalue weighted by molar-refractivity contribution is -0.125. The fourth-order valence-electron chi connectivity index (χ4n) is 2.41. The molecule has 1 aliphatic rings. The highest BCUT2D eigenvalue weighted by molar-refractivity contribution is 7.14. The van der Waals surface area contributed by atoms with Crippen molar-refractivity contribution in [3.05, 3.63) is 29.3 Å². The second-order valence-electron chi connectivity index (χ2n) is 5.41. The summed E-state index contributed by atoms with van der Waals surface area (Å²) < 4.78 is 1.57. The van der Waals surface area contributed by atoms with Crippen molar-refractivity contribution in [2.75, 3.05) is 10.6 Å². The van der Waals surface area contributed by atoms with Crippen LogP contribution < -0.4 is 21.3 Å². The maximum absolute atomic E-state index is 12.1. The van der Waals surface area contributed by atoms with Gasteiger partial charge in [0.2, 0.25) is 5.91 Å². The van der Waals surface area contributed by atoms with Crippen LogP contribution in [-0.4, -0.2) is 27.8 Å². The zero-order chi connectivity index (χ0) is 16.4. The number of aryl methyl sites for hydroxylation is 1. The van der Waals surface area contributed by atoms with Gasteiger partial charge in [-0.25, -0.2) is 9.48 Å². The van der Waals surface area contributed by atoms with E-state index in [9.17, 15) is 9.59 Å². The minimum atomic E-state index is -0.489. The normalized spacial score (nSPS) is 20.9. The molecule has 9 heteroatoms. The van der Waals surface area contributed by atoms with E-state index in [0.29, 0.717) is 12.2 Å². The molecular weight excluding hydrogens is 316 g/mol. The van der Waals surface area contributed by atoms with Crippen molar-refractivity contribution >= 4 is 34.1 Å². The first kappa shape index (κ1) is 15.5. The molecule has 0 spiro atoms. The van der Waals surface area contributed by atoms with Crippen LogP contribution in [0.15, 0.2) is 23.6 Å². The summed E-state index contributed by atoms with van der Waals surface area (Å²) in [5, 5.41) is 18.5. The van der Waals surface area contributed by atoms with Gasteiger partial charge in [-0.2, -0.15) is 5.10 Å². The van der Waals surface area contributed by atoms with Gasteiger partial charge in [0.05, 0.1) is 10.7 Å². The Morgan fingerprint density at radius 3 is 3.00 bits per heavy atom.